The quantitative estimate of drug-likeness (QED) is 0.844. The van der Waals surface area contributed by atoms with Crippen LogP contribution in [0, 0.1) is 0 Å². The Morgan fingerprint density at radius 2 is 2.35 bits per heavy atom. The van der Waals surface area contributed by atoms with Gasteiger partial charge in [0.1, 0.15) is 5.69 Å². The highest BCUT2D eigenvalue weighted by Crippen LogP contribution is 2.29. The molecule has 0 aliphatic carbocycles. The first-order valence-electron chi connectivity index (χ1n) is 5.28. The van der Waals surface area contributed by atoms with Gasteiger partial charge in [-0.25, -0.2) is 4.79 Å². The van der Waals surface area contributed by atoms with Gasteiger partial charge in [-0.15, -0.1) is 0 Å². The molecule has 0 saturated heterocycles. The number of fused-ring (bicyclic) bond motifs is 1. The first-order valence-corrected chi connectivity index (χ1v) is 5.66. The molecule has 0 amide bonds. The smallest absolute Gasteiger partial charge is 0.355 e. The lowest BCUT2D eigenvalue weighted by Gasteiger charge is -1.99. The molecule has 2 aromatic rings. The van der Waals surface area contributed by atoms with E-state index in [0.29, 0.717) is 17.3 Å². The van der Waals surface area contributed by atoms with Crippen molar-refractivity contribution in [3.05, 3.63) is 41.1 Å². The van der Waals surface area contributed by atoms with Crippen LogP contribution in [0.15, 0.2) is 24.8 Å². The molecule has 17 heavy (non-hydrogen) atoms. The molecule has 1 aromatic carbocycles. The number of hydrogen-bond donors (Lipinski definition) is 1. The number of ether oxygens (including phenoxy) is 1. The Bertz CT molecular complexity index is 586. The zero-order valence-corrected chi connectivity index (χ0v) is 10.2. The van der Waals surface area contributed by atoms with Crippen molar-refractivity contribution >= 4 is 34.5 Å². The maximum Gasteiger partial charge on any atom is 0.355 e. The number of rotatable bonds is 3. The maximum absolute atomic E-state index is 11.8. The van der Waals surface area contributed by atoms with Gasteiger partial charge in [0, 0.05) is 10.9 Å². The van der Waals surface area contributed by atoms with Crippen LogP contribution < -0.4 is 0 Å². The lowest BCUT2D eigenvalue weighted by molar-refractivity contribution is 0.0520. The first-order chi connectivity index (χ1) is 8.19. The first kappa shape index (κ1) is 11.7. The molecule has 1 heterocycles. The van der Waals surface area contributed by atoms with Crippen LogP contribution in [0.25, 0.3) is 17.0 Å². The molecule has 0 bridgehead atoms. The Morgan fingerprint density at radius 1 is 1.59 bits per heavy atom. The van der Waals surface area contributed by atoms with E-state index in [1.807, 2.05) is 12.1 Å². The second-order valence-corrected chi connectivity index (χ2v) is 3.91. The maximum atomic E-state index is 11.8. The highest BCUT2D eigenvalue weighted by atomic mass is 35.5. The Morgan fingerprint density at radius 3 is 3.00 bits per heavy atom. The number of H-pyrrole nitrogens is 1. The molecular formula is C13H12ClNO2. The highest BCUT2D eigenvalue weighted by molar-refractivity contribution is 6.35. The zero-order chi connectivity index (χ0) is 12.4. The number of para-hydroxylation sites is 1. The van der Waals surface area contributed by atoms with Gasteiger partial charge in [-0.3, -0.25) is 0 Å². The molecule has 0 radical (unpaired) electrons. The summed E-state index contributed by atoms with van der Waals surface area (Å²) in [5.41, 5.74) is 1.85. The molecule has 0 spiro atoms. The third-order valence-corrected chi connectivity index (χ3v) is 2.82. The van der Waals surface area contributed by atoms with Crippen LogP contribution in [0.1, 0.15) is 23.0 Å². The van der Waals surface area contributed by atoms with Gasteiger partial charge in [0.25, 0.3) is 0 Å². The Labute approximate surface area is 104 Å². The third-order valence-electron chi connectivity index (χ3n) is 2.51. The molecule has 88 valence electrons. The molecule has 2 rings (SSSR count). The fourth-order valence-electron chi connectivity index (χ4n) is 1.78. The van der Waals surface area contributed by atoms with Crippen molar-refractivity contribution in [1.29, 1.82) is 0 Å². The van der Waals surface area contributed by atoms with Crippen LogP contribution >= 0.6 is 11.6 Å². The average molecular weight is 250 g/mol. The second kappa shape index (κ2) is 4.63. The minimum absolute atomic E-state index is 0.332. The molecule has 0 unspecified atom stereocenters. The lowest BCUT2D eigenvalue weighted by atomic mass is 10.1. The summed E-state index contributed by atoms with van der Waals surface area (Å²) in [7, 11) is 0. The largest absolute Gasteiger partial charge is 0.461 e. The van der Waals surface area contributed by atoms with Gasteiger partial charge in [-0.2, -0.15) is 0 Å². The van der Waals surface area contributed by atoms with E-state index in [1.165, 1.54) is 0 Å². The van der Waals surface area contributed by atoms with E-state index in [0.717, 1.165) is 16.5 Å². The van der Waals surface area contributed by atoms with Crippen molar-refractivity contribution in [3.63, 3.8) is 0 Å². The third kappa shape index (κ3) is 1.94. The molecule has 1 aromatic heterocycles. The van der Waals surface area contributed by atoms with E-state index in [2.05, 4.69) is 11.6 Å². The average Bonchev–Trinajstić information content (AvgIpc) is 2.69. The van der Waals surface area contributed by atoms with Gasteiger partial charge < -0.3 is 9.72 Å². The van der Waals surface area contributed by atoms with E-state index >= 15 is 0 Å². The van der Waals surface area contributed by atoms with Gasteiger partial charge in [0.05, 0.1) is 17.1 Å². The summed E-state index contributed by atoms with van der Waals surface area (Å²) in [4.78, 5) is 14.8. The summed E-state index contributed by atoms with van der Waals surface area (Å²) >= 11 is 6.06. The molecule has 1 N–H and O–H groups in total. The van der Waals surface area contributed by atoms with Crippen LogP contribution in [-0.2, 0) is 4.74 Å². The van der Waals surface area contributed by atoms with Crippen LogP contribution in [-0.4, -0.2) is 17.6 Å². The number of aromatic amines is 1. The fraction of sp³-hybridized carbons (Fsp3) is 0.154. The number of carbonyl (C=O) groups excluding carboxylic acids is 1. The molecule has 0 saturated carbocycles. The van der Waals surface area contributed by atoms with Crippen molar-refractivity contribution in [2.24, 2.45) is 0 Å². The molecule has 0 aliphatic rings. The Hall–Kier alpha value is -1.74. The van der Waals surface area contributed by atoms with Crippen molar-refractivity contribution < 1.29 is 9.53 Å². The number of hydrogen-bond acceptors (Lipinski definition) is 2. The van der Waals surface area contributed by atoms with Crippen LogP contribution in [0.4, 0.5) is 0 Å². The molecule has 0 atom stereocenters. The van der Waals surface area contributed by atoms with Crippen LogP contribution in [0.5, 0.6) is 0 Å². The van der Waals surface area contributed by atoms with E-state index in [9.17, 15) is 4.79 Å². The molecule has 0 fully saturated rings. The Kier molecular flexibility index (Phi) is 3.20. The minimum Gasteiger partial charge on any atom is -0.461 e. The van der Waals surface area contributed by atoms with Crippen molar-refractivity contribution in [2.75, 3.05) is 6.61 Å². The van der Waals surface area contributed by atoms with E-state index in [1.54, 1.807) is 19.1 Å². The predicted octanol–water partition coefficient (Wildman–Crippen LogP) is 3.64. The van der Waals surface area contributed by atoms with Gasteiger partial charge in [-0.1, -0.05) is 36.4 Å². The SMILES string of the molecule is C=Cc1c(C(=O)OCC)[nH]c2c(Cl)cccc12. The summed E-state index contributed by atoms with van der Waals surface area (Å²) < 4.78 is 4.98. The van der Waals surface area contributed by atoms with Gasteiger partial charge in [0.15, 0.2) is 0 Å². The molecule has 0 aliphatic heterocycles. The van der Waals surface area contributed by atoms with Gasteiger partial charge in [-0.05, 0) is 13.0 Å². The number of nitrogens with one attached hydrogen (secondary N) is 1. The summed E-state index contributed by atoms with van der Waals surface area (Å²) in [6.07, 6.45) is 1.63. The number of carbonyl (C=O) groups is 1. The lowest BCUT2D eigenvalue weighted by Crippen LogP contribution is -2.06. The second-order valence-electron chi connectivity index (χ2n) is 3.50. The van der Waals surface area contributed by atoms with Crippen molar-refractivity contribution in [1.82, 2.24) is 4.98 Å². The molecule has 4 heteroatoms. The van der Waals surface area contributed by atoms with Crippen LogP contribution in [0.2, 0.25) is 5.02 Å². The summed E-state index contributed by atoms with van der Waals surface area (Å²) in [5, 5.41) is 1.44. The molecule has 3 nitrogen and oxygen atoms in total. The van der Waals surface area contributed by atoms with Gasteiger partial charge in [0.2, 0.25) is 0 Å². The molecular weight excluding hydrogens is 238 g/mol. The van der Waals surface area contributed by atoms with E-state index < -0.39 is 5.97 Å². The monoisotopic (exact) mass is 249 g/mol. The van der Waals surface area contributed by atoms with Crippen molar-refractivity contribution in [3.8, 4) is 0 Å². The topological polar surface area (TPSA) is 42.1 Å². The zero-order valence-electron chi connectivity index (χ0n) is 9.42. The highest BCUT2D eigenvalue weighted by Gasteiger charge is 2.17. The minimum atomic E-state index is -0.394. The number of aromatic nitrogens is 1. The number of halogens is 1. The summed E-state index contributed by atoms with van der Waals surface area (Å²) in [6.45, 7) is 5.81. The predicted molar refractivity (Wildman–Crippen MR) is 69.4 cm³/mol. The normalized spacial score (nSPS) is 10.5. The van der Waals surface area contributed by atoms with Crippen LogP contribution in [0.3, 0.4) is 0 Å². The van der Waals surface area contributed by atoms with Gasteiger partial charge >= 0.3 is 5.97 Å². The van der Waals surface area contributed by atoms with E-state index in [4.69, 9.17) is 16.3 Å². The standard InChI is InChI=1S/C13H12ClNO2/c1-3-8-9-6-5-7-10(14)11(9)15-12(8)13(16)17-4-2/h3,5-7,15H,1,4H2,2H3. The summed E-state index contributed by atoms with van der Waals surface area (Å²) in [5.74, 6) is -0.394. The van der Waals surface area contributed by atoms with Crippen molar-refractivity contribution in [2.45, 2.75) is 6.92 Å². The fourth-order valence-corrected chi connectivity index (χ4v) is 2.00. The number of esters is 1. The summed E-state index contributed by atoms with van der Waals surface area (Å²) in [6, 6.07) is 5.49. The van der Waals surface area contributed by atoms with E-state index in [-0.39, 0.29) is 0 Å². The number of benzene rings is 1. The Balaban J connectivity index is 2.68.